The molecule has 2 aliphatic rings. The van der Waals surface area contributed by atoms with Gasteiger partial charge >= 0.3 is 0 Å². The summed E-state index contributed by atoms with van der Waals surface area (Å²) in [6.45, 7) is 3.25. The van der Waals surface area contributed by atoms with Gasteiger partial charge < -0.3 is 4.90 Å². The number of nitrogens with zero attached hydrogens (tertiary/aromatic N) is 6. The molecule has 158 valence electrons. The summed E-state index contributed by atoms with van der Waals surface area (Å²) >= 11 is 1.75. The molecule has 1 unspecified atom stereocenters. The SMILES string of the molecule is Fc1ccccc1N1CCN(C(c2cccs2)c2nnnn2C2CCCCC2)CC1. The number of rotatable bonds is 5. The van der Waals surface area contributed by atoms with Crippen molar-refractivity contribution in [2.75, 3.05) is 31.1 Å². The fraction of sp³-hybridized carbons (Fsp3) is 0.500. The number of benzene rings is 1. The average Bonchev–Trinajstić information content (AvgIpc) is 3.49. The van der Waals surface area contributed by atoms with Crippen molar-refractivity contribution in [3.63, 3.8) is 0 Å². The summed E-state index contributed by atoms with van der Waals surface area (Å²) in [7, 11) is 0. The van der Waals surface area contributed by atoms with E-state index in [1.165, 1.54) is 30.2 Å². The molecular weight excluding hydrogens is 399 g/mol. The van der Waals surface area contributed by atoms with E-state index in [0.29, 0.717) is 11.7 Å². The minimum absolute atomic E-state index is 0.0460. The highest BCUT2D eigenvalue weighted by Gasteiger charge is 2.33. The number of anilines is 1. The Labute approximate surface area is 180 Å². The second kappa shape index (κ2) is 8.81. The van der Waals surface area contributed by atoms with Gasteiger partial charge in [0.15, 0.2) is 5.82 Å². The molecule has 0 spiro atoms. The number of hydrogen-bond donors (Lipinski definition) is 0. The fourth-order valence-electron chi connectivity index (χ4n) is 4.81. The molecule has 1 atom stereocenters. The number of piperazine rings is 1. The molecular formula is C22H27FN6S. The Bertz CT molecular complexity index is 944. The van der Waals surface area contributed by atoms with E-state index in [1.54, 1.807) is 17.4 Å². The molecule has 2 aromatic heterocycles. The van der Waals surface area contributed by atoms with Crippen molar-refractivity contribution in [1.82, 2.24) is 25.1 Å². The second-order valence-electron chi connectivity index (χ2n) is 8.17. The third-order valence-electron chi connectivity index (χ3n) is 6.37. The number of tetrazole rings is 1. The van der Waals surface area contributed by atoms with Crippen molar-refractivity contribution in [3.8, 4) is 0 Å². The monoisotopic (exact) mass is 426 g/mol. The minimum Gasteiger partial charge on any atom is -0.367 e. The Morgan fingerprint density at radius 2 is 1.77 bits per heavy atom. The fourth-order valence-corrected chi connectivity index (χ4v) is 5.67. The molecule has 0 N–H and O–H groups in total. The van der Waals surface area contributed by atoms with Gasteiger partial charge in [-0.05, 0) is 46.8 Å². The van der Waals surface area contributed by atoms with Gasteiger partial charge in [-0.25, -0.2) is 9.07 Å². The van der Waals surface area contributed by atoms with Crippen molar-refractivity contribution in [1.29, 1.82) is 0 Å². The van der Waals surface area contributed by atoms with Crippen LogP contribution in [0.1, 0.15) is 54.9 Å². The summed E-state index contributed by atoms with van der Waals surface area (Å²) in [5.41, 5.74) is 0.692. The van der Waals surface area contributed by atoms with Crippen molar-refractivity contribution in [3.05, 3.63) is 58.3 Å². The Morgan fingerprint density at radius 3 is 2.50 bits per heavy atom. The smallest absolute Gasteiger partial charge is 0.174 e. The minimum atomic E-state index is -0.151. The largest absolute Gasteiger partial charge is 0.367 e. The van der Waals surface area contributed by atoms with E-state index in [1.807, 2.05) is 12.1 Å². The number of aromatic nitrogens is 4. The molecule has 30 heavy (non-hydrogen) atoms. The molecule has 0 radical (unpaired) electrons. The van der Waals surface area contributed by atoms with Crippen LogP contribution in [0, 0.1) is 5.82 Å². The topological polar surface area (TPSA) is 50.1 Å². The molecule has 2 fully saturated rings. The number of hydrogen-bond acceptors (Lipinski definition) is 6. The van der Waals surface area contributed by atoms with E-state index in [2.05, 4.69) is 47.5 Å². The summed E-state index contributed by atoms with van der Waals surface area (Å²) < 4.78 is 16.3. The van der Waals surface area contributed by atoms with Crippen LogP contribution in [-0.2, 0) is 0 Å². The molecule has 1 aliphatic carbocycles. The normalized spacial score (nSPS) is 19.8. The van der Waals surface area contributed by atoms with Crippen molar-refractivity contribution in [2.24, 2.45) is 0 Å². The summed E-state index contributed by atoms with van der Waals surface area (Å²) in [4.78, 5) is 5.86. The molecule has 1 aromatic carbocycles. The Morgan fingerprint density at radius 1 is 0.967 bits per heavy atom. The van der Waals surface area contributed by atoms with Gasteiger partial charge in [0.1, 0.15) is 11.9 Å². The highest BCUT2D eigenvalue weighted by Crippen LogP contribution is 2.35. The van der Waals surface area contributed by atoms with Gasteiger partial charge in [-0.1, -0.05) is 37.5 Å². The highest BCUT2D eigenvalue weighted by molar-refractivity contribution is 7.10. The third kappa shape index (κ3) is 3.86. The first-order chi connectivity index (χ1) is 14.8. The summed E-state index contributed by atoms with van der Waals surface area (Å²) in [6.07, 6.45) is 6.09. The van der Waals surface area contributed by atoms with Gasteiger partial charge in [-0.3, -0.25) is 4.90 Å². The molecule has 1 saturated heterocycles. The van der Waals surface area contributed by atoms with Gasteiger partial charge in [0.05, 0.1) is 11.7 Å². The summed E-state index contributed by atoms with van der Waals surface area (Å²) in [5.74, 6) is 0.797. The van der Waals surface area contributed by atoms with Crippen LogP contribution in [0.3, 0.4) is 0 Å². The average molecular weight is 427 g/mol. The molecule has 5 rings (SSSR count). The third-order valence-corrected chi connectivity index (χ3v) is 7.29. The van der Waals surface area contributed by atoms with E-state index in [0.717, 1.165) is 44.8 Å². The van der Waals surface area contributed by atoms with Crippen LogP contribution < -0.4 is 4.90 Å². The van der Waals surface area contributed by atoms with E-state index in [9.17, 15) is 4.39 Å². The van der Waals surface area contributed by atoms with Gasteiger partial charge in [0.25, 0.3) is 0 Å². The van der Waals surface area contributed by atoms with E-state index in [-0.39, 0.29) is 11.9 Å². The number of halogens is 1. The van der Waals surface area contributed by atoms with E-state index in [4.69, 9.17) is 0 Å². The lowest BCUT2D eigenvalue weighted by Gasteiger charge is -2.39. The molecule has 3 aromatic rings. The molecule has 0 amide bonds. The van der Waals surface area contributed by atoms with Crippen LogP contribution in [-0.4, -0.2) is 51.3 Å². The van der Waals surface area contributed by atoms with Crippen LogP contribution in [0.15, 0.2) is 41.8 Å². The lowest BCUT2D eigenvalue weighted by molar-refractivity contribution is 0.195. The zero-order valence-corrected chi connectivity index (χ0v) is 17.8. The van der Waals surface area contributed by atoms with Crippen LogP contribution in [0.25, 0.3) is 0 Å². The maximum absolute atomic E-state index is 14.3. The molecule has 1 aliphatic heterocycles. The lowest BCUT2D eigenvalue weighted by Crippen LogP contribution is -2.48. The molecule has 1 saturated carbocycles. The lowest BCUT2D eigenvalue weighted by atomic mass is 9.95. The maximum atomic E-state index is 14.3. The predicted octanol–water partition coefficient (Wildman–Crippen LogP) is 4.29. The van der Waals surface area contributed by atoms with Gasteiger partial charge in [-0.15, -0.1) is 16.4 Å². The Hall–Kier alpha value is -2.32. The first-order valence-electron chi connectivity index (χ1n) is 10.9. The predicted molar refractivity (Wildman–Crippen MR) is 116 cm³/mol. The van der Waals surface area contributed by atoms with Gasteiger partial charge in [0, 0.05) is 31.1 Å². The Kier molecular flexibility index (Phi) is 5.77. The van der Waals surface area contributed by atoms with Crippen molar-refractivity contribution < 1.29 is 4.39 Å². The molecule has 6 nitrogen and oxygen atoms in total. The van der Waals surface area contributed by atoms with Crippen LogP contribution >= 0.6 is 11.3 Å². The quantitative estimate of drug-likeness (QED) is 0.609. The second-order valence-corrected chi connectivity index (χ2v) is 9.15. The summed E-state index contributed by atoms with van der Waals surface area (Å²) in [6, 6.07) is 11.8. The molecule has 8 heteroatoms. The highest BCUT2D eigenvalue weighted by atomic mass is 32.1. The summed E-state index contributed by atoms with van der Waals surface area (Å²) in [5, 5.41) is 15.1. The van der Waals surface area contributed by atoms with Crippen molar-refractivity contribution >= 4 is 17.0 Å². The maximum Gasteiger partial charge on any atom is 0.174 e. The zero-order valence-electron chi connectivity index (χ0n) is 17.0. The van der Waals surface area contributed by atoms with E-state index >= 15 is 0 Å². The first-order valence-corrected chi connectivity index (χ1v) is 11.7. The molecule has 3 heterocycles. The number of thiophene rings is 1. The van der Waals surface area contributed by atoms with Crippen molar-refractivity contribution in [2.45, 2.75) is 44.2 Å². The van der Waals surface area contributed by atoms with E-state index < -0.39 is 0 Å². The van der Waals surface area contributed by atoms with Gasteiger partial charge in [0.2, 0.25) is 0 Å². The number of para-hydroxylation sites is 1. The zero-order chi connectivity index (χ0) is 20.3. The Balaban J connectivity index is 1.39. The van der Waals surface area contributed by atoms with Gasteiger partial charge in [-0.2, -0.15) is 0 Å². The van der Waals surface area contributed by atoms with Crippen LogP contribution in [0.2, 0.25) is 0 Å². The van der Waals surface area contributed by atoms with Crippen LogP contribution in [0.5, 0.6) is 0 Å². The standard InChI is InChI=1S/C22H27FN6S/c23-18-9-4-5-10-19(18)27-12-14-28(15-13-27)21(20-11-6-16-30-20)22-24-25-26-29(22)17-7-2-1-3-8-17/h4-6,9-11,16-17,21H,1-3,7-8,12-15H2. The van der Waals surface area contributed by atoms with Crippen LogP contribution in [0.4, 0.5) is 10.1 Å². The molecule has 0 bridgehead atoms. The first kappa shape index (κ1) is 19.6.